The van der Waals surface area contributed by atoms with E-state index in [0.717, 1.165) is 32.0 Å². The zero-order valence-electron chi connectivity index (χ0n) is 15.3. The largest absolute Gasteiger partial charge is 0.218 e. The Morgan fingerprint density at radius 3 is 1.28 bits per heavy atom. The third-order valence-electron chi connectivity index (χ3n) is 4.86. The summed E-state index contributed by atoms with van der Waals surface area (Å²) in [6.07, 6.45) is 0. The van der Waals surface area contributed by atoms with Gasteiger partial charge in [0.2, 0.25) is 9.84 Å². The Morgan fingerprint density at radius 2 is 0.931 bits per heavy atom. The Hall–Kier alpha value is -2.73. The van der Waals surface area contributed by atoms with E-state index >= 15 is 0 Å². The molecular formula is C24H16O2S3. The lowest BCUT2D eigenvalue weighted by Gasteiger charge is -2.11. The average Bonchev–Trinajstić information content (AvgIpc) is 3.48. The minimum absolute atomic E-state index is 0.404. The molecule has 3 heterocycles. The van der Waals surface area contributed by atoms with Gasteiger partial charge >= 0.3 is 0 Å². The van der Waals surface area contributed by atoms with Crippen LogP contribution in [-0.4, -0.2) is 8.42 Å². The molecule has 5 heteroatoms. The van der Waals surface area contributed by atoms with Crippen molar-refractivity contribution in [2.75, 3.05) is 0 Å². The van der Waals surface area contributed by atoms with Gasteiger partial charge in [0.25, 0.3) is 0 Å². The Bertz CT molecular complexity index is 1210. The highest BCUT2D eigenvalue weighted by Crippen LogP contribution is 2.54. The van der Waals surface area contributed by atoms with E-state index in [1.54, 1.807) is 0 Å². The van der Waals surface area contributed by atoms with Gasteiger partial charge in [-0.15, -0.1) is 22.7 Å². The van der Waals surface area contributed by atoms with Gasteiger partial charge < -0.3 is 0 Å². The van der Waals surface area contributed by atoms with Crippen molar-refractivity contribution in [2.45, 2.75) is 0 Å². The first-order chi connectivity index (χ1) is 14.2. The molecule has 0 amide bonds. The number of hydrogen-bond acceptors (Lipinski definition) is 4. The molecule has 0 atom stereocenters. The van der Waals surface area contributed by atoms with Crippen molar-refractivity contribution < 1.29 is 8.42 Å². The Morgan fingerprint density at radius 1 is 0.517 bits per heavy atom. The lowest BCUT2D eigenvalue weighted by Crippen LogP contribution is -2.01. The Kier molecular flexibility index (Phi) is 4.59. The van der Waals surface area contributed by atoms with E-state index in [9.17, 15) is 8.42 Å². The number of benzene rings is 2. The third-order valence-corrected chi connectivity index (χ3v) is 8.81. The van der Waals surface area contributed by atoms with Crippen molar-refractivity contribution in [3.8, 4) is 0 Å². The smallest absolute Gasteiger partial charge is 0.210 e. The van der Waals surface area contributed by atoms with Crippen molar-refractivity contribution in [3.05, 3.63) is 117 Å². The van der Waals surface area contributed by atoms with Gasteiger partial charge in [-0.1, -0.05) is 72.8 Å². The summed E-state index contributed by atoms with van der Waals surface area (Å²) in [5, 5.41) is 3.84. The van der Waals surface area contributed by atoms with E-state index in [1.165, 1.54) is 22.7 Å². The molecule has 1 aliphatic rings. The van der Waals surface area contributed by atoms with Crippen LogP contribution in [0.25, 0.3) is 21.0 Å². The maximum Gasteiger partial charge on any atom is 0.210 e. The number of thiophene rings is 2. The standard InChI is InChI=1S/C24H16O2S3/c25-29(26)23(19-13-7-15-27-19)21(17-9-3-1-4-10-17)22(18-11-5-2-6-12-18)24(29)20-14-8-16-28-20/h1-16H. The summed E-state index contributed by atoms with van der Waals surface area (Å²) in [6, 6.07) is 27.2. The summed E-state index contributed by atoms with van der Waals surface area (Å²) < 4.78 is 27.9. The molecule has 0 spiro atoms. The number of allylic oxidation sites excluding steroid dienone is 2. The van der Waals surface area contributed by atoms with Crippen LogP contribution >= 0.6 is 22.7 Å². The molecule has 0 saturated heterocycles. The Labute approximate surface area is 178 Å². The first kappa shape index (κ1) is 18.3. The second-order valence-electron chi connectivity index (χ2n) is 6.60. The van der Waals surface area contributed by atoms with Crippen LogP contribution in [0, 0.1) is 0 Å². The topological polar surface area (TPSA) is 34.1 Å². The molecule has 4 aromatic rings. The molecule has 0 aliphatic carbocycles. The summed E-state index contributed by atoms with van der Waals surface area (Å²) in [7, 11) is -3.69. The van der Waals surface area contributed by atoms with Crippen LogP contribution in [0.2, 0.25) is 0 Å². The highest BCUT2D eigenvalue weighted by molar-refractivity contribution is 8.10. The highest BCUT2D eigenvalue weighted by Gasteiger charge is 2.41. The third kappa shape index (κ3) is 3.02. The lowest BCUT2D eigenvalue weighted by atomic mass is 9.91. The first-order valence-corrected chi connectivity index (χ1v) is 12.3. The minimum atomic E-state index is -3.69. The van der Waals surface area contributed by atoms with Crippen molar-refractivity contribution in [1.82, 2.24) is 0 Å². The van der Waals surface area contributed by atoms with Gasteiger partial charge in [-0.2, -0.15) is 0 Å². The monoisotopic (exact) mass is 432 g/mol. The summed E-state index contributed by atoms with van der Waals surface area (Å²) in [5.41, 5.74) is 3.38. The van der Waals surface area contributed by atoms with E-state index < -0.39 is 9.84 Å². The van der Waals surface area contributed by atoms with Crippen molar-refractivity contribution in [1.29, 1.82) is 0 Å². The quantitative estimate of drug-likeness (QED) is 0.361. The van der Waals surface area contributed by atoms with Gasteiger partial charge in [-0.25, -0.2) is 8.42 Å². The SMILES string of the molecule is O=S1(=O)C(c2cccs2)=C(c2ccccc2)C(c2ccccc2)=C1c1cccs1. The zero-order valence-corrected chi connectivity index (χ0v) is 17.7. The molecule has 0 fully saturated rings. The molecule has 142 valence electrons. The second kappa shape index (κ2) is 7.26. The van der Waals surface area contributed by atoms with Crippen LogP contribution in [0.4, 0.5) is 0 Å². The van der Waals surface area contributed by atoms with Crippen molar-refractivity contribution >= 4 is 53.5 Å². The molecule has 2 aromatic heterocycles. The number of sulfone groups is 1. The second-order valence-corrected chi connectivity index (χ2v) is 10.3. The van der Waals surface area contributed by atoms with Crippen molar-refractivity contribution in [3.63, 3.8) is 0 Å². The fraction of sp³-hybridized carbons (Fsp3) is 0. The van der Waals surface area contributed by atoms with Crippen LogP contribution in [0.5, 0.6) is 0 Å². The molecule has 1 aliphatic heterocycles. The fourth-order valence-corrected chi connectivity index (χ4v) is 7.82. The summed E-state index contributed by atoms with van der Waals surface area (Å²) in [4.78, 5) is 2.34. The molecule has 0 unspecified atom stereocenters. The molecule has 0 bridgehead atoms. The zero-order chi connectivity index (χ0) is 19.8. The van der Waals surface area contributed by atoms with E-state index in [0.29, 0.717) is 9.81 Å². The molecule has 0 saturated carbocycles. The molecular weight excluding hydrogens is 416 g/mol. The summed E-state index contributed by atoms with van der Waals surface area (Å²) in [5.74, 6) is 0. The predicted molar refractivity (Wildman–Crippen MR) is 124 cm³/mol. The van der Waals surface area contributed by atoms with Crippen LogP contribution in [0.15, 0.2) is 95.7 Å². The lowest BCUT2D eigenvalue weighted by molar-refractivity contribution is 0.615. The molecule has 29 heavy (non-hydrogen) atoms. The van der Waals surface area contributed by atoms with Crippen LogP contribution in [-0.2, 0) is 9.84 Å². The van der Waals surface area contributed by atoms with Gasteiger partial charge in [0.1, 0.15) is 0 Å². The maximum absolute atomic E-state index is 14.0. The minimum Gasteiger partial charge on any atom is -0.218 e. The van der Waals surface area contributed by atoms with Gasteiger partial charge in [0.15, 0.2) is 0 Å². The fourth-order valence-electron chi connectivity index (χ4n) is 3.69. The van der Waals surface area contributed by atoms with Crippen molar-refractivity contribution in [2.24, 2.45) is 0 Å². The van der Waals surface area contributed by atoms with Gasteiger partial charge in [-0.05, 0) is 34.0 Å². The molecule has 0 radical (unpaired) electrons. The van der Waals surface area contributed by atoms with E-state index in [4.69, 9.17) is 0 Å². The summed E-state index contributed by atoms with van der Waals surface area (Å²) in [6.45, 7) is 0. The van der Waals surface area contributed by atoms with Crippen LogP contribution in [0.3, 0.4) is 0 Å². The highest BCUT2D eigenvalue weighted by atomic mass is 32.2. The van der Waals surface area contributed by atoms with Gasteiger partial charge in [0, 0.05) is 20.9 Å². The van der Waals surface area contributed by atoms with E-state index in [-0.39, 0.29) is 0 Å². The number of rotatable bonds is 4. The van der Waals surface area contributed by atoms with E-state index in [1.807, 2.05) is 95.7 Å². The molecule has 2 aromatic carbocycles. The van der Waals surface area contributed by atoms with Gasteiger partial charge in [-0.3, -0.25) is 0 Å². The average molecular weight is 433 g/mol. The number of hydrogen-bond donors (Lipinski definition) is 0. The first-order valence-electron chi connectivity index (χ1n) is 9.10. The summed E-state index contributed by atoms with van der Waals surface area (Å²) >= 11 is 2.91. The molecule has 5 rings (SSSR count). The van der Waals surface area contributed by atoms with Gasteiger partial charge in [0.05, 0.1) is 9.81 Å². The molecule has 2 nitrogen and oxygen atoms in total. The molecule has 0 N–H and O–H groups in total. The van der Waals surface area contributed by atoms with E-state index in [2.05, 4.69) is 0 Å². The van der Waals surface area contributed by atoms with Crippen LogP contribution in [0.1, 0.15) is 20.9 Å². The predicted octanol–water partition coefficient (Wildman–Crippen LogP) is 6.67. The normalized spacial score (nSPS) is 15.9. The van der Waals surface area contributed by atoms with Crippen LogP contribution < -0.4 is 0 Å². The maximum atomic E-state index is 14.0. The Balaban J connectivity index is 1.94.